The third kappa shape index (κ3) is 4.90. The summed E-state index contributed by atoms with van der Waals surface area (Å²) in [6.07, 6.45) is 6.59. The van der Waals surface area contributed by atoms with Gasteiger partial charge in [-0.15, -0.1) is 11.8 Å². The number of aromatic nitrogens is 2. The number of fused-ring (bicyclic) bond motifs is 1. The van der Waals surface area contributed by atoms with Crippen LogP contribution in [0.25, 0.3) is 10.9 Å². The van der Waals surface area contributed by atoms with Crippen molar-refractivity contribution < 1.29 is 4.79 Å². The minimum Gasteiger partial charge on any atom is -0.348 e. The number of amides is 1. The highest BCUT2D eigenvalue weighted by Crippen LogP contribution is 2.39. The van der Waals surface area contributed by atoms with Crippen molar-refractivity contribution in [1.82, 2.24) is 19.8 Å². The van der Waals surface area contributed by atoms with Crippen molar-refractivity contribution >= 4 is 28.6 Å². The van der Waals surface area contributed by atoms with Gasteiger partial charge in [0.25, 0.3) is 11.5 Å². The fourth-order valence-electron chi connectivity index (χ4n) is 6.55. The summed E-state index contributed by atoms with van der Waals surface area (Å²) in [4.78, 5) is 32.4. The van der Waals surface area contributed by atoms with Gasteiger partial charge in [-0.2, -0.15) is 5.26 Å². The number of hydrogen-bond acceptors (Lipinski definition) is 5. The number of aryl methyl sites for hydroxylation is 1. The van der Waals surface area contributed by atoms with E-state index in [1.165, 1.54) is 24.6 Å². The van der Waals surface area contributed by atoms with Gasteiger partial charge >= 0.3 is 0 Å². The number of thioether (sulfide) groups is 1. The highest BCUT2D eigenvalue weighted by Gasteiger charge is 2.36. The number of nitriles is 1. The molecule has 1 saturated heterocycles. The summed E-state index contributed by atoms with van der Waals surface area (Å²) in [5.74, 6) is 0.604. The van der Waals surface area contributed by atoms with E-state index in [-0.39, 0.29) is 30.0 Å². The zero-order valence-electron chi connectivity index (χ0n) is 22.7. The molecular weight excluding hydrogens is 494 g/mol. The summed E-state index contributed by atoms with van der Waals surface area (Å²) in [6.45, 7) is 8.24. The summed E-state index contributed by atoms with van der Waals surface area (Å²) in [5.41, 5.74) is 4.00. The third-order valence-corrected chi connectivity index (χ3v) is 9.50. The lowest BCUT2D eigenvalue weighted by atomic mass is 9.80. The minimum absolute atomic E-state index is 0.148. The number of nitrogens with one attached hydrogen (secondary N) is 2. The molecule has 2 aromatic heterocycles. The molecule has 7 nitrogen and oxygen atoms in total. The van der Waals surface area contributed by atoms with Crippen molar-refractivity contribution in [2.45, 2.75) is 70.0 Å². The Hall–Kier alpha value is -3.02. The maximum atomic E-state index is 13.6. The van der Waals surface area contributed by atoms with Crippen LogP contribution in [0.15, 0.2) is 40.0 Å². The Labute approximate surface area is 228 Å². The summed E-state index contributed by atoms with van der Waals surface area (Å²) >= 11 is 1.52. The SMILES string of the molecule is CSc1cc(C)[nH]c(=O)c1CNC(=O)c1c(C)n([C@H](C)C2CCC(N3CC(C#N)C3)CC2)c2ccccc12. The average Bonchev–Trinajstić information content (AvgIpc) is 3.18. The number of aromatic amines is 1. The zero-order chi connectivity index (χ0) is 27.0. The van der Waals surface area contributed by atoms with E-state index in [0.29, 0.717) is 23.1 Å². The zero-order valence-corrected chi connectivity index (χ0v) is 23.5. The standard InChI is InChI=1S/C30H37N5O2S/c1-18-13-27(38-4)25(29(36)33-18)15-32-30(37)28-20(3)35(26-8-6-5-7-24(26)28)19(2)22-9-11-23(12-10-22)34-16-21(14-31)17-34/h5-8,13,19,21-23H,9-12,15-17H2,1-4H3,(H,32,37)(H,33,36)/t19-,22?,23?/m1/s1. The van der Waals surface area contributed by atoms with Gasteiger partial charge in [0.1, 0.15) is 0 Å². The molecule has 1 saturated carbocycles. The molecular formula is C30H37N5O2S. The number of nitrogens with zero attached hydrogens (tertiary/aromatic N) is 3. The smallest absolute Gasteiger partial charge is 0.254 e. The molecule has 1 aliphatic heterocycles. The van der Waals surface area contributed by atoms with E-state index in [0.717, 1.165) is 53.1 Å². The fourth-order valence-corrected chi connectivity index (χ4v) is 7.25. The van der Waals surface area contributed by atoms with Crippen molar-refractivity contribution in [3.63, 3.8) is 0 Å². The van der Waals surface area contributed by atoms with E-state index in [1.54, 1.807) is 0 Å². The second kappa shape index (κ2) is 11.0. The van der Waals surface area contributed by atoms with Crippen LogP contribution < -0.4 is 10.9 Å². The van der Waals surface area contributed by atoms with Crippen LogP contribution in [0.4, 0.5) is 0 Å². The Morgan fingerprint density at radius 2 is 1.92 bits per heavy atom. The van der Waals surface area contributed by atoms with Crippen LogP contribution in [0.1, 0.15) is 66.0 Å². The number of carbonyl (C=O) groups excluding carboxylic acids is 1. The monoisotopic (exact) mass is 531 g/mol. The first-order chi connectivity index (χ1) is 18.3. The average molecular weight is 532 g/mol. The van der Waals surface area contributed by atoms with Crippen LogP contribution >= 0.6 is 11.8 Å². The van der Waals surface area contributed by atoms with Gasteiger partial charge in [-0.05, 0) is 70.8 Å². The van der Waals surface area contributed by atoms with Crippen LogP contribution in [-0.4, -0.2) is 45.7 Å². The van der Waals surface area contributed by atoms with Gasteiger partial charge in [0.05, 0.1) is 17.6 Å². The molecule has 200 valence electrons. The second-order valence-electron chi connectivity index (χ2n) is 10.9. The molecule has 2 fully saturated rings. The molecule has 2 N–H and O–H groups in total. The molecule has 1 amide bonds. The number of benzene rings is 1. The molecule has 38 heavy (non-hydrogen) atoms. The molecule has 3 heterocycles. The number of para-hydroxylation sites is 1. The van der Waals surface area contributed by atoms with E-state index in [4.69, 9.17) is 5.26 Å². The first-order valence-corrected chi connectivity index (χ1v) is 14.8. The minimum atomic E-state index is -0.153. The molecule has 0 bridgehead atoms. The van der Waals surface area contributed by atoms with Gasteiger partial charge in [-0.1, -0.05) is 18.2 Å². The number of likely N-dealkylation sites (tertiary alicyclic amines) is 1. The van der Waals surface area contributed by atoms with E-state index in [9.17, 15) is 9.59 Å². The predicted molar refractivity (Wildman–Crippen MR) is 153 cm³/mol. The highest BCUT2D eigenvalue weighted by molar-refractivity contribution is 7.98. The summed E-state index contributed by atoms with van der Waals surface area (Å²) in [6, 6.07) is 13.4. The van der Waals surface area contributed by atoms with Crippen LogP contribution in [0.3, 0.4) is 0 Å². The van der Waals surface area contributed by atoms with E-state index in [1.807, 2.05) is 44.4 Å². The quantitative estimate of drug-likeness (QED) is 0.410. The molecule has 5 rings (SSSR count). The van der Waals surface area contributed by atoms with Crippen molar-refractivity contribution in [2.75, 3.05) is 19.3 Å². The number of carbonyl (C=O) groups is 1. The predicted octanol–water partition coefficient (Wildman–Crippen LogP) is 5.17. The number of pyridine rings is 1. The Morgan fingerprint density at radius 1 is 1.21 bits per heavy atom. The van der Waals surface area contributed by atoms with Crippen LogP contribution in [0.5, 0.6) is 0 Å². The first kappa shape index (κ1) is 26.6. The molecule has 0 radical (unpaired) electrons. The molecule has 3 aromatic rings. The van der Waals surface area contributed by atoms with Gasteiger partial charge in [-0.3, -0.25) is 14.5 Å². The number of hydrogen-bond donors (Lipinski definition) is 2. The number of H-pyrrole nitrogens is 1. The van der Waals surface area contributed by atoms with E-state index in [2.05, 4.69) is 38.8 Å². The van der Waals surface area contributed by atoms with Crippen molar-refractivity contribution in [3.8, 4) is 6.07 Å². The molecule has 1 atom stereocenters. The normalized spacial score (nSPS) is 21.1. The summed E-state index contributed by atoms with van der Waals surface area (Å²) < 4.78 is 2.36. The summed E-state index contributed by atoms with van der Waals surface area (Å²) in [5, 5.41) is 13.1. The topological polar surface area (TPSA) is 93.9 Å². The van der Waals surface area contributed by atoms with Crippen molar-refractivity contribution in [3.05, 3.63) is 63.2 Å². The van der Waals surface area contributed by atoms with Crippen molar-refractivity contribution in [2.24, 2.45) is 11.8 Å². The van der Waals surface area contributed by atoms with Crippen molar-refractivity contribution in [1.29, 1.82) is 5.26 Å². The van der Waals surface area contributed by atoms with Gasteiger partial charge in [0.2, 0.25) is 0 Å². The molecule has 1 aliphatic carbocycles. The van der Waals surface area contributed by atoms with E-state index < -0.39 is 0 Å². The molecule has 0 unspecified atom stereocenters. The largest absolute Gasteiger partial charge is 0.348 e. The van der Waals surface area contributed by atoms with Gasteiger partial charge in [-0.25, -0.2) is 0 Å². The van der Waals surface area contributed by atoms with Gasteiger partial charge < -0.3 is 14.9 Å². The molecule has 1 aromatic carbocycles. The van der Waals surface area contributed by atoms with E-state index >= 15 is 0 Å². The lowest BCUT2D eigenvalue weighted by Crippen LogP contribution is -2.52. The van der Waals surface area contributed by atoms with Crippen LogP contribution in [0.2, 0.25) is 0 Å². The maximum Gasteiger partial charge on any atom is 0.254 e. The highest BCUT2D eigenvalue weighted by atomic mass is 32.2. The fraction of sp³-hybridized carbons (Fsp3) is 0.500. The Morgan fingerprint density at radius 3 is 2.61 bits per heavy atom. The lowest BCUT2D eigenvalue weighted by molar-refractivity contribution is 0.0448. The second-order valence-corrected chi connectivity index (χ2v) is 11.8. The first-order valence-electron chi connectivity index (χ1n) is 13.6. The lowest BCUT2D eigenvalue weighted by Gasteiger charge is -2.45. The molecule has 2 aliphatic rings. The van der Waals surface area contributed by atoms with Gasteiger partial charge in [0, 0.05) is 64.5 Å². The summed E-state index contributed by atoms with van der Waals surface area (Å²) in [7, 11) is 0. The Balaban J connectivity index is 1.35. The van der Waals surface area contributed by atoms with Crippen LogP contribution in [-0.2, 0) is 6.54 Å². The Kier molecular flexibility index (Phi) is 7.69. The third-order valence-electron chi connectivity index (χ3n) is 8.70. The number of rotatable bonds is 7. The molecule has 0 spiro atoms. The molecule has 8 heteroatoms. The maximum absolute atomic E-state index is 13.6. The van der Waals surface area contributed by atoms with Crippen LogP contribution in [0, 0.1) is 37.0 Å². The van der Waals surface area contributed by atoms with Gasteiger partial charge in [0.15, 0.2) is 0 Å². The Bertz CT molecular complexity index is 1440.